The fourth-order valence-electron chi connectivity index (χ4n) is 1.16. The van der Waals surface area contributed by atoms with Crippen LogP contribution in [0.5, 0.6) is 0 Å². The molecule has 1 heterocycles. The molecule has 1 aromatic heterocycles. The summed E-state index contributed by atoms with van der Waals surface area (Å²) in [6.45, 7) is 3.09. The van der Waals surface area contributed by atoms with Gasteiger partial charge >= 0.3 is 5.97 Å². The van der Waals surface area contributed by atoms with Crippen molar-refractivity contribution in [2.24, 2.45) is 18.9 Å². The van der Waals surface area contributed by atoms with Crippen LogP contribution in [-0.4, -0.2) is 26.8 Å². The van der Waals surface area contributed by atoms with E-state index < -0.39 is 17.8 Å². The molecule has 2 N–H and O–H groups in total. The van der Waals surface area contributed by atoms with Gasteiger partial charge in [0.15, 0.2) is 5.82 Å². The number of rotatable bonds is 4. The lowest BCUT2D eigenvalue weighted by atomic mass is 9.95. The molecule has 88 valence electrons. The third-order valence-corrected chi connectivity index (χ3v) is 2.52. The third-order valence-electron chi connectivity index (χ3n) is 2.52. The summed E-state index contributed by atoms with van der Waals surface area (Å²) in [4.78, 5) is 22.3. The Morgan fingerprint density at radius 2 is 2.06 bits per heavy atom. The highest BCUT2D eigenvalue weighted by Gasteiger charge is 2.26. The lowest BCUT2D eigenvalue weighted by Crippen LogP contribution is -2.30. The van der Waals surface area contributed by atoms with Crippen molar-refractivity contribution in [1.29, 1.82) is 0 Å². The number of carboxylic acids is 1. The quantitative estimate of drug-likeness (QED) is 0.790. The van der Waals surface area contributed by atoms with Gasteiger partial charge in [0.25, 0.3) is 0 Å². The number of amides is 1. The van der Waals surface area contributed by atoms with Gasteiger partial charge in [0, 0.05) is 25.2 Å². The summed E-state index contributed by atoms with van der Waals surface area (Å²) in [7, 11) is 1.74. The van der Waals surface area contributed by atoms with E-state index in [-0.39, 0.29) is 5.91 Å². The maximum Gasteiger partial charge on any atom is 0.307 e. The Bertz CT molecular complexity index is 400. The van der Waals surface area contributed by atoms with Crippen molar-refractivity contribution in [2.45, 2.75) is 13.8 Å². The topological polar surface area (TPSA) is 84.2 Å². The second-order valence-corrected chi connectivity index (χ2v) is 3.78. The van der Waals surface area contributed by atoms with Crippen LogP contribution in [0.1, 0.15) is 13.8 Å². The van der Waals surface area contributed by atoms with Gasteiger partial charge in [0.1, 0.15) is 0 Å². The van der Waals surface area contributed by atoms with Crippen LogP contribution in [0.3, 0.4) is 0 Å². The zero-order valence-corrected chi connectivity index (χ0v) is 9.47. The van der Waals surface area contributed by atoms with E-state index in [1.54, 1.807) is 30.9 Å². The number of aryl methyl sites for hydroxylation is 1. The van der Waals surface area contributed by atoms with Gasteiger partial charge in [0.05, 0.1) is 5.92 Å². The first kappa shape index (κ1) is 12.2. The van der Waals surface area contributed by atoms with Gasteiger partial charge in [-0.25, -0.2) is 0 Å². The number of anilines is 1. The third kappa shape index (κ3) is 2.82. The van der Waals surface area contributed by atoms with Gasteiger partial charge in [-0.15, -0.1) is 0 Å². The molecule has 0 bridgehead atoms. The molecule has 0 aliphatic rings. The SMILES string of the molecule is CC(C(=O)O)[C@@H](C)C(=O)Nc1ccn(C)n1. The van der Waals surface area contributed by atoms with E-state index in [1.165, 1.54) is 6.92 Å². The van der Waals surface area contributed by atoms with Crippen LogP contribution < -0.4 is 5.32 Å². The van der Waals surface area contributed by atoms with E-state index in [4.69, 9.17) is 5.11 Å². The van der Waals surface area contributed by atoms with Crippen molar-refractivity contribution < 1.29 is 14.7 Å². The summed E-state index contributed by atoms with van der Waals surface area (Å²) in [6.07, 6.45) is 1.70. The molecule has 1 rings (SSSR count). The number of carbonyl (C=O) groups excluding carboxylic acids is 1. The monoisotopic (exact) mass is 225 g/mol. The second-order valence-electron chi connectivity index (χ2n) is 3.78. The Labute approximate surface area is 93.3 Å². The highest BCUT2D eigenvalue weighted by molar-refractivity contribution is 5.93. The Morgan fingerprint density at radius 1 is 1.44 bits per heavy atom. The number of nitrogens with zero attached hydrogens (tertiary/aromatic N) is 2. The number of hydrogen-bond acceptors (Lipinski definition) is 3. The maximum absolute atomic E-state index is 11.6. The molecule has 16 heavy (non-hydrogen) atoms. The molecule has 0 saturated carbocycles. The van der Waals surface area contributed by atoms with Crippen LogP contribution in [-0.2, 0) is 16.6 Å². The number of nitrogens with one attached hydrogen (secondary N) is 1. The van der Waals surface area contributed by atoms with Crippen molar-refractivity contribution in [1.82, 2.24) is 9.78 Å². The Kier molecular flexibility index (Phi) is 3.65. The van der Waals surface area contributed by atoms with Crippen LogP contribution in [0.25, 0.3) is 0 Å². The lowest BCUT2D eigenvalue weighted by molar-refractivity contribution is -0.145. The molecule has 0 aliphatic heterocycles. The van der Waals surface area contributed by atoms with Gasteiger partial charge in [-0.1, -0.05) is 13.8 Å². The molecule has 0 fully saturated rings. The van der Waals surface area contributed by atoms with Crippen LogP contribution in [0.15, 0.2) is 12.3 Å². The van der Waals surface area contributed by atoms with Gasteiger partial charge in [-0.2, -0.15) is 5.10 Å². The molecule has 1 amide bonds. The van der Waals surface area contributed by atoms with Crippen LogP contribution in [0.4, 0.5) is 5.82 Å². The summed E-state index contributed by atoms with van der Waals surface area (Å²) in [5, 5.41) is 15.3. The fraction of sp³-hybridized carbons (Fsp3) is 0.500. The van der Waals surface area contributed by atoms with Gasteiger partial charge in [-0.05, 0) is 0 Å². The molecule has 6 nitrogen and oxygen atoms in total. The maximum atomic E-state index is 11.6. The summed E-state index contributed by atoms with van der Waals surface area (Å²) in [6, 6.07) is 1.65. The van der Waals surface area contributed by atoms with Crippen molar-refractivity contribution in [3.05, 3.63) is 12.3 Å². The van der Waals surface area contributed by atoms with Gasteiger partial charge < -0.3 is 10.4 Å². The van der Waals surface area contributed by atoms with E-state index in [0.29, 0.717) is 5.82 Å². The molecule has 1 unspecified atom stereocenters. The number of carboxylic acid groups (broad SMARTS) is 1. The van der Waals surface area contributed by atoms with E-state index in [2.05, 4.69) is 10.4 Å². The van der Waals surface area contributed by atoms with Crippen molar-refractivity contribution in [2.75, 3.05) is 5.32 Å². The average Bonchev–Trinajstić information content (AvgIpc) is 2.61. The van der Waals surface area contributed by atoms with Gasteiger partial charge in [0.2, 0.25) is 5.91 Å². The first-order chi connectivity index (χ1) is 7.41. The number of carbonyl (C=O) groups is 2. The minimum absolute atomic E-state index is 0.339. The molecular weight excluding hydrogens is 210 g/mol. The molecule has 1 aromatic rings. The summed E-state index contributed by atoms with van der Waals surface area (Å²) in [5.41, 5.74) is 0. The predicted molar refractivity (Wildman–Crippen MR) is 57.8 cm³/mol. The smallest absolute Gasteiger partial charge is 0.307 e. The zero-order valence-electron chi connectivity index (χ0n) is 9.47. The average molecular weight is 225 g/mol. The first-order valence-electron chi connectivity index (χ1n) is 4.95. The highest BCUT2D eigenvalue weighted by atomic mass is 16.4. The Morgan fingerprint density at radius 3 is 2.50 bits per heavy atom. The second kappa shape index (κ2) is 4.78. The highest BCUT2D eigenvalue weighted by Crippen LogP contribution is 2.13. The minimum atomic E-state index is -0.983. The van der Waals surface area contributed by atoms with E-state index in [0.717, 1.165) is 0 Å². The van der Waals surface area contributed by atoms with Crippen LogP contribution in [0, 0.1) is 11.8 Å². The Hall–Kier alpha value is -1.85. The fourth-order valence-corrected chi connectivity index (χ4v) is 1.16. The van der Waals surface area contributed by atoms with Crippen molar-refractivity contribution in [3.63, 3.8) is 0 Å². The molecule has 0 radical (unpaired) electrons. The molecule has 0 saturated heterocycles. The predicted octanol–water partition coefficient (Wildman–Crippen LogP) is 0.715. The minimum Gasteiger partial charge on any atom is -0.481 e. The summed E-state index contributed by atoms with van der Waals surface area (Å²) >= 11 is 0. The first-order valence-corrected chi connectivity index (χ1v) is 4.95. The van der Waals surface area contributed by atoms with Gasteiger partial charge in [-0.3, -0.25) is 14.3 Å². The molecule has 2 atom stereocenters. The molecule has 0 aliphatic carbocycles. The molecule has 0 aromatic carbocycles. The summed E-state index contributed by atoms with van der Waals surface area (Å²) < 4.78 is 1.56. The Balaban J connectivity index is 2.62. The normalized spacial score (nSPS) is 14.2. The zero-order chi connectivity index (χ0) is 12.3. The van der Waals surface area contributed by atoms with E-state index in [1.807, 2.05) is 0 Å². The van der Waals surface area contributed by atoms with Crippen molar-refractivity contribution in [3.8, 4) is 0 Å². The largest absolute Gasteiger partial charge is 0.481 e. The van der Waals surface area contributed by atoms with Crippen molar-refractivity contribution >= 4 is 17.7 Å². The number of aromatic nitrogens is 2. The van der Waals surface area contributed by atoms with Crippen LogP contribution in [0.2, 0.25) is 0 Å². The standard InChI is InChI=1S/C10H15N3O3/c1-6(7(2)10(15)16)9(14)11-8-4-5-13(3)12-8/h4-7H,1-3H3,(H,15,16)(H,11,12,14)/t6-,7?/m1/s1. The number of hydrogen-bond donors (Lipinski definition) is 2. The number of aliphatic carboxylic acids is 1. The van der Waals surface area contributed by atoms with Crippen LogP contribution >= 0.6 is 0 Å². The molecule has 6 heteroatoms. The molecular formula is C10H15N3O3. The van der Waals surface area contributed by atoms with E-state index >= 15 is 0 Å². The molecule has 0 spiro atoms. The summed E-state index contributed by atoms with van der Waals surface area (Å²) in [5.74, 6) is -2.21. The lowest BCUT2D eigenvalue weighted by Gasteiger charge is -2.14. The van der Waals surface area contributed by atoms with E-state index in [9.17, 15) is 9.59 Å².